The van der Waals surface area contributed by atoms with E-state index in [0.29, 0.717) is 0 Å². The van der Waals surface area contributed by atoms with Gasteiger partial charge < -0.3 is 0 Å². The maximum absolute atomic E-state index is 3.25. The molecule has 0 fully saturated rings. The highest BCUT2D eigenvalue weighted by Gasteiger charge is 1.94. The minimum Gasteiger partial charge on any atom is -0.112 e. The summed E-state index contributed by atoms with van der Waals surface area (Å²) < 4.78 is 0. The summed E-state index contributed by atoms with van der Waals surface area (Å²) in [5.74, 6) is 0. The van der Waals surface area contributed by atoms with Gasteiger partial charge in [0.1, 0.15) is 0 Å². The summed E-state index contributed by atoms with van der Waals surface area (Å²) in [4.78, 5) is 0. The van der Waals surface area contributed by atoms with Crippen LogP contribution in [-0.4, -0.2) is 0 Å². The SMILES string of the molecule is Cc1ccc2c(c1C)=CC=CC=C=2. The van der Waals surface area contributed by atoms with Crippen molar-refractivity contribution in [2.45, 2.75) is 13.8 Å². The fourth-order valence-corrected chi connectivity index (χ4v) is 1.52. The molecule has 0 heteroatoms. The number of hydrogen-bond donors (Lipinski definition) is 0. The van der Waals surface area contributed by atoms with Crippen LogP contribution in [0.4, 0.5) is 0 Å². The fourth-order valence-electron chi connectivity index (χ4n) is 1.52. The molecule has 2 rings (SSSR count). The summed E-state index contributed by atoms with van der Waals surface area (Å²) >= 11 is 0. The Hall–Kier alpha value is -1.52. The van der Waals surface area contributed by atoms with E-state index in [-0.39, 0.29) is 0 Å². The van der Waals surface area contributed by atoms with Crippen molar-refractivity contribution in [2.75, 3.05) is 0 Å². The molecule has 13 heavy (non-hydrogen) atoms. The topological polar surface area (TPSA) is 0 Å². The lowest BCUT2D eigenvalue weighted by molar-refractivity contribution is 1.28. The normalized spacial score (nSPS) is 12.8. The molecule has 0 amide bonds. The van der Waals surface area contributed by atoms with Crippen LogP contribution in [0.15, 0.2) is 30.4 Å². The molecule has 1 aromatic carbocycles. The predicted octanol–water partition coefficient (Wildman–Crippen LogP) is 1.59. The molecule has 0 N–H and O–H groups in total. The van der Waals surface area contributed by atoms with Gasteiger partial charge >= 0.3 is 0 Å². The third-order valence-corrected chi connectivity index (χ3v) is 2.49. The van der Waals surface area contributed by atoms with E-state index in [2.05, 4.69) is 43.9 Å². The molecule has 0 heterocycles. The average molecular weight is 168 g/mol. The van der Waals surface area contributed by atoms with Crippen LogP contribution in [0.2, 0.25) is 0 Å². The van der Waals surface area contributed by atoms with Crippen LogP contribution in [0.25, 0.3) is 11.8 Å². The Morgan fingerprint density at radius 3 is 2.77 bits per heavy atom. The molecule has 1 aliphatic carbocycles. The second-order valence-electron chi connectivity index (χ2n) is 3.33. The van der Waals surface area contributed by atoms with Crippen molar-refractivity contribution in [3.05, 3.63) is 51.9 Å². The quantitative estimate of drug-likeness (QED) is 0.552. The predicted molar refractivity (Wildman–Crippen MR) is 56.7 cm³/mol. The van der Waals surface area contributed by atoms with Gasteiger partial charge in [0.05, 0.1) is 0 Å². The molecule has 0 saturated carbocycles. The maximum atomic E-state index is 3.25. The van der Waals surface area contributed by atoms with Crippen molar-refractivity contribution >= 4 is 11.8 Å². The molecular formula is C13H12. The molecule has 0 bridgehead atoms. The minimum absolute atomic E-state index is 1.19. The highest BCUT2D eigenvalue weighted by molar-refractivity contribution is 5.48. The lowest BCUT2D eigenvalue weighted by atomic mass is 10.1. The van der Waals surface area contributed by atoms with Crippen LogP contribution in [0.5, 0.6) is 0 Å². The van der Waals surface area contributed by atoms with Gasteiger partial charge in [0.2, 0.25) is 0 Å². The highest BCUT2D eigenvalue weighted by atomic mass is 14.0. The van der Waals surface area contributed by atoms with E-state index < -0.39 is 0 Å². The zero-order chi connectivity index (χ0) is 9.26. The number of allylic oxidation sites excluding steroid dienone is 3. The first-order valence-electron chi connectivity index (χ1n) is 4.49. The zero-order valence-electron chi connectivity index (χ0n) is 7.96. The van der Waals surface area contributed by atoms with E-state index in [9.17, 15) is 0 Å². The van der Waals surface area contributed by atoms with Crippen LogP contribution in [0, 0.1) is 13.8 Å². The largest absolute Gasteiger partial charge is 0.112 e. The van der Waals surface area contributed by atoms with Gasteiger partial charge in [-0.2, -0.15) is 0 Å². The van der Waals surface area contributed by atoms with Crippen LogP contribution >= 0.6 is 0 Å². The first kappa shape index (κ1) is 8.10. The lowest BCUT2D eigenvalue weighted by Crippen LogP contribution is -2.26. The van der Waals surface area contributed by atoms with Gasteiger partial charge in [-0.1, -0.05) is 24.3 Å². The molecule has 0 nitrogen and oxygen atoms in total. The Balaban J connectivity index is 3.02. The van der Waals surface area contributed by atoms with E-state index in [1.165, 1.54) is 21.6 Å². The number of aryl methyl sites for hydroxylation is 1. The molecule has 0 spiro atoms. The van der Waals surface area contributed by atoms with Gasteiger partial charge in [0.15, 0.2) is 0 Å². The molecule has 0 aliphatic heterocycles. The first-order valence-corrected chi connectivity index (χ1v) is 4.49. The molecule has 0 saturated heterocycles. The molecule has 1 aromatic rings. The van der Waals surface area contributed by atoms with Crippen LogP contribution in [0.3, 0.4) is 0 Å². The summed E-state index contributed by atoms with van der Waals surface area (Å²) in [6, 6.07) is 4.27. The van der Waals surface area contributed by atoms with Gasteiger partial charge in [0, 0.05) is 5.22 Å². The van der Waals surface area contributed by atoms with E-state index >= 15 is 0 Å². The monoisotopic (exact) mass is 168 g/mol. The molecular weight excluding hydrogens is 156 g/mol. The Kier molecular flexibility index (Phi) is 1.92. The van der Waals surface area contributed by atoms with Gasteiger partial charge in [0.25, 0.3) is 0 Å². The minimum atomic E-state index is 1.19. The summed E-state index contributed by atoms with van der Waals surface area (Å²) in [7, 11) is 0. The van der Waals surface area contributed by atoms with E-state index in [0.717, 1.165) is 0 Å². The van der Waals surface area contributed by atoms with Crippen molar-refractivity contribution in [1.82, 2.24) is 0 Å². The Bertz CT molecular complexity index is 510. The Morgan fingerprint density at radius 1 is 1.08 bits per heavy atom. The van der Waals surface area contributed by atoms with Gasteiger partial charge in [-0.25, -0.2) is 0 Å². The lowest BCUT2D eigenvalue weighted by Gasteiger charge is -1.99. The molecule has 0 unspecified atom stereocenters. The Morgan fingerprint density at radius 2 is 1.92 bits per heavy atom. The fraction of sp³-hybridized carbons (Fsp3) is 0.154. The second kappa shape index (κ2) is 3.08. The average Bonchev–Trinajstić information content (AvgIpc) is 2.36. The van der Waals surface area contributed by atoms with Crippen molar-refractivity contribution in [2.24, 2.45) is 0 Å². The van der Waals surface area contributed by atoms with E-state index in [1.54, 1.807) is 0 Å². The third-order valence-electron chi connectivity index (χ3n) is 2.49. The van der Waals surface area contributed by atoms with Crippen molar-refractivity contribution in [3.8, 4) is 0 Å². The number of hydrogen-bond acceptors (Lipinski definition) is 0. The number of fused-ring (bicyclic) bond motifs is 1. The summed E-state index contributed by atoms with van der Waals surface area (Å²) in [6.45, 7) is 4.30. The van der Waals surface area contributed by atoms with Crippen LogP contribution in [0.1, 0.15) is 11.1 Å². The van der Waals surface area contributed by atoms with E-state index in [4.69, 9.17) is 0 Å². The highest BCUT2D eigenvalue weighted by Crippen LogP contribution is 1.97. The summed E-state index contributed by atoms with van der Waals surface area (Å²) in [6.07, 6.45) is 8.17. The standard InChI is InChI=1S/C13H12/c1-10-8-9-12-6-4-3-5-7-13(12)11(10)2/h3-5,7-9H,1-2H3. The molecule has 0 radical (unpaired) electrons. The number of rotatable bonds is 0. The third kappa shape index (κ3) is 1.37. The Labute approximate surface area is 78.2 Å². The van der Waals surface area contributed by atoms with Gasteiger partial charge in [-0.15, -0.1) is 5.73 Å². The maximum Gasteiger partial charge on any atom is 0.0239 e. The van der Waals surface area contributed by atoms with E-state index in [1.807, 2.05) is 12.2 Å². The number of benzene rings is 1. The molecule has 64 valence electrons. The smallest absolute Gasteiger partial charge is 0.0239 e. The molecule has 1 aliphatic rings. The van der Waals surface area contributed by atoms with Crippen molar-refractivity contribution in [1.29, 1.82) is 0 Å². The van der Waals surface area contributed by atoms with Crippen LogP contribution in [-0.2, 0) is 0 Å². The van der Waals surface area contributed by atoms with Crippen LogP contribution < -0.4 is 10.4 Å². The molecule has 0 atom stereocenters. The summed E-state index contributed by atoms with van der Waals surface area (Å²) in [5.41, 5.74) is 5.94. The second-order valence-corrected chi connectivity index (χ2v) is 3.33. The zero-order valence-corrected chi connectivity index (χ0v) is 7.96. The van der Waals surface area contributed by atoms with Gasteiger partial charge in [-0.3, -0.25) is 0 Å². The van der Waals surface area contributed by atoms with Crippen molar-refractivity contribution < 1.29 is 0 Å². The first-order chi connectivity index (χ1) is 6.29. The molecule has 0 aromatic heterocycles. The van der Waals surface area contributed by atoms with Crippen molar-refractivity contribution in [3.63, 3.8) is 0 Å². The summed E-state index contributed by atoms with van der Waals surface area (Å²) in [5, 5.41) is 2.48. The van der Waals surface area contributed by atoms with Gasteiger partial charge in [-0.05, 0) is 42.3 Å².